The van der Waals surface area contributed by atoms with E-state index in [4.69, 9.17) is 4.74 Å². The minimum absolute atomic E-state index is 0.448. The Hall–Kier alpha value is -4.32. The third-order valence-corrected chi connectivity index (χ3v) is 5.89. The Morgan fingerprint density at radius 3 is 2.26 bits per heavy atom. The summed E-state index contributed by atoms with van der Waals surface area (Å²) >= 11 is 0. The summed E-state index contributed by atoms with van der Waals surface area (Å²) in [5, 5.41) is 15.1. The van der Waals surface area contributed by atoms with Crippen molar-refractivity contribution in [1.29, 1.82) is 0 Å². The van der Waals surface area contributed by atoms with Crippen LogP contribution in [0.25, 0.3) is 23.1 Å². The molecule has 6 heteroatoms. The molecule has 0 aliphatic rings. The number of rotatable bonds is 10. The highest BCUT2D eigenvalue weighted by molar-refractivity contribution is 5.78. The topological polar surface area (TPSA) is 76.6 Å². The molecule has 0 aliphatic heterocycles. The number of hydrogen-bond donors (Lipinski definition) is 1. The van der Waals surface area contributed by atoms with Gasteiger partial charge in [0.2, 0.25) is 0 Å². The zero-order valence-electron chi connectivity index (χ0n) is 19.5. The molecule has 5 rings (SSSR count). The van der Waals surface area contributed by atoms with Gasteiger partial charge in [-0.3, -0.25) is 0 Å². The number of aromatic nitrogens is 5. The van der Waals surface area contributed by atoms with E-state index < -0.39 is 0 Å². The van der Waals surface area contributed by atoms with Crippen LogP contribution >= 0.6 is 0 Å². The molecule has 0 unspecified atom stereocenters. The molecule has 2 heterocycles. The first-order valence-electron chi connectivity index (χ1n) is 11.9. The van der Waals surface area contributed by atoms with Gasteiger partial charge in [0.25, 0.3) is 0 Å². The summed E-state index contributed by atoms with van der Waals surface area (Å²) in [6.07, 6.45) is 8.38. The molecule has 2 aromatic heterocycles. The van der Waals surface area contributed by atoms with Crippen LogP contribution < -0.4 is 4.74 Å². The van der Waals surface area contributed by atoms with Gasteiger partial charge in [-0.2, -0.15) is 0 Å². The molecular weight excluding hydrogens is 434 g/mol. The van der Waals surface area contributed by atoms with E-state index in [1.807, 2.05) is 36.4 Å². The maximum atomic E-state index is 5.94. The molecule has 0 saturated carbocycles. The summed E-state index contributed by atoms with van der Waals surface area (Å²) in [4.78, 5) is 4.66. The average Bonchev–Trinajstić information content (AvgIpc) is 3.44. The van der Waals surface area contributed by atoms with Crippen LogP contribution in [-0.4, -0.2) is 25.6 Å². The van der Waals surface area contributed by atoms with Crippen LogP contribution in [0, 0.1) is 0 Å². The van der Waals surface area contributed by atoms with Gasteiger partial charge in [0.05, 0.1) is 11.2 Å². The maximum absolute atomic E-state index is 5.94. The maximum Gasteiger partial charge on any atom is 0.148 e. The summed E-state index contributed by atoms with van der Waals surface area (Å²) < 4.78 is 5.94. The Balaban J connectivity index is 1.09. The number of ether oxygens (including phenoxy) is 1. The molecule has 35 heavy (non-hydrogen) atoms. The molecule has 0 spiro atoms. The first-order chi connectivity index (χ1) is 17.3. The molecule has 0 saturated heterocycles. The minimum atomic E-state index is 0.448. The second kappa shape index (κ2) is 11.2. The predicted octanol–water partition coefficient (Wildman–Crippen LogP) is 6.06. The first-order valence-corrected chi connectivity index (χ1v) is 11.9. The van der Waals surface area contributed by atoms with Crippen molar-refractivity contribution in [3.05, 3.63) is 113 Å². The monoisotopic (exact) mass is 461 g/mol. The predicted molar refractivity (Wildman–Crippen MR) is 139 cm³/mol. The summed E-state index contributed by atoms with van der Waals surface area (Å²) in [6.45, 7) is 0.448. The Bertz CT molecular complexity index is 1380. The fourth-order valence-electron chi connectivity index (χ4n) is 3.92. The lowest BCUT2D eigenvalue weighted by Gasteiger charge is -2.07. The number of pyridine rings is 1. The number of nitrogens with one attached hydrogen (secondary N) is 1. The smallest absolute Gasteiger partial charge is 0.148 e. The van der Waals surface area contributed by atoms with E-state index in [1.54, 1.807) is 0 Å². The number of unbranched alkanes of at least 4 members (excludes halogenated alkanes) is 1. The third-order valence-electron chi connectivity index (χ3n) is 5.89. The summed E-state index contributed by atoms with van der Waals surface area (Å²) in [6, 6.07) is 29.1. The van der Waals surface area contributed by atoms with E-state index >= 15 is 0 Å². The summed E-state index contributed by atoms with van der Waals surface area (Å²) in [5.41, 5.74) is 5.57. The lowest BCUT2D eigenvalue weighted by molar-refractivity contribution is 0.302. The molecule has 6 nitrogen and oxygen atoms in total. The fourth-order valence-corrected chi connectivity index (χ4v) is 3.92. The molecule has 3 aromatic carbocycles. The zero-order valence-corrected chi connectivity index (χ0v) is 19.5. The van der Waals surface area contributed by atoms with Crippen molar-refractivity contribution in [3.8, 4) is 5.75 Å². The van der Waals surface area contributed by atoms with Crippen LogP contribution in [0.15, 0.2) is 84.9 Å². The lowest BCUT2D eigenvalue weighted by atomic mass is 10.0. The molecule has 0 amide bonds. The van der Waals surface area contributed by atoms with Gasteiger partial charge in [0, 0.05) is 11.8 Å². The van der Waals surface area contributed by atoms with Crippen LogP contribution in [0.5, 0.6) is 5.75 Å². The van der Waals surface area contributed by atoms with Gasteiger partial charge in [0.1, 0.15) is 18.2 Å². The fraction of sp³-hybridized carbons (Fsp3) is 0.172. The molecule has 0 bridgehead atoms. The first kappa shape index (κ1) is 22.5. The second-order valence-corrected chi connectivity index (χ2v) is 8.48. The molecule has 5 aromatic rings. The zero-order chi connectivity index (χ0) is 23.7. The van der Waals surface area contributed by atoms with Crippen molar-refractivity contribution < 1.29 is 4.74 Å². The Morgan fingerprint density at radius 1 is 0.743 bits per heavy atom. The van der Waals surface area contributed by atoms with E-state index in [2.05, 4.69) is 86.3 Å². The number of benzene rings is 3. The van der Waals surface area contributed by atoms with E-state index in [-0.39, 0.29) is 0 Å². The summed E-state index contributed by atoms with van der Waals surface area (Å²) in [7, 11) is 0. The van der Waals surface area contributed by atoms with Gasteiger partial charge in [-0.15, -0.1) is 5.10 Å². The van der Waals surface area contributed by atoms with Gasteiger partial charge >= 0.3 is 0 Å². The van der Waals surface area contributed by atoms with Crippen LogP contribution in [0.1, 0.15) is 41.1 Å². The summed E-state index contributed by atoms with van der Waals surface area (Å²) in [5.74, 6) is 1.69. The lowest BCUT2D eigenvalue weighted by Crippen LogP contribution is -1.98. The van der Waals surface area contributed by atoms with Crippen molar-refractivity contribution in [3.63, 3.8) is 0 Å². The van der Waals surface area contributed by atoms with Gasteiger partial charge in [-0.1, -0.05) is 72.8 Å². The highest BCUT2D eigenvalue weighted by Gasteiger charge is 2.01. The Labute approximate surface area is 204 Å². The minimum Gasteiger partial charge on any atom is -0.487 e. The molecular formula is C29H27N5O. The SMILES string of the molecule is C(=Cc1ccc(OCc2ccc3ccccc3n2)cc1)c1ccc(CCCCc2nnn[nH]2)cc1. The molecule has 174 valence electrons. The van der Waals surface area contributed by atoms with E-state index in [0.717, 1.165) is 59.4 Å². The average molecular weight is 462 g/mol. The largest absolute Gasteiger partial charge is 0.487 e. The number of hydrogen-bond acceptors (Lipinski definition) is 5. The molecule has 0 radical (unpaired) electrons. The van der Waals surface area contributed by atoms with Gasteiger partial charge in [0.15, 0.2) is 0 Å². The van der Waals surface area contributed by atoms with Gasteiger partial charge < -0.3 is 4.74 Å². The molecule has 0 fully saturated rings. The van der Waals surface area contributed by atoms with Crippen LogP contribution in [0.2, 0.25) is 0 Å². The number of para-hydroxylation sites is 1. The third kappa shape index (κ3) is 6.38. The van der Waals surface area contributed by atoms with Crippen LogP contribution in [0.4, 0.5) is 0 Å². The Kier molecular flexibility index (Phi) is 7.19. The van der Waals surface area contributed by atoms with Crippen LogP contribution in [-0.2, 0) is 19.4 Å². The van der Waals surface area contributed by atoms with Gasteiger partial charge in [-0.25, -0.2) is 10.1 Å². The molecule has 0 aliphatic carbocycles. The standard InChI is InChI=1S/C29H27N5O/c1(4-8-29-31-33-34-32-29)5-22-9-11-23(12-10-22)13-14-24-15-19-27(20-16-24)35-21-26-18-17-25-6-2-3-7-28(25)30-26/h2-3,6-7,9-20H,1,4-5,8,21H2,(H,31,32,33,34). The number of H-pyrrole nitrogens is 1. The van der Waals surface area contributed by atoms with E-state index in [9.17, 15) is 0 Å². The van der Waals surface area contributed by atoms with Crippen LogP contribution in [0.3, 0.4) is 0 Å². The molecule has 0 atom stereocenters. The van der Waals surface area contributed by atoms with E-state index in [0.29, 0.717) is 6.61 Å². The number of fused-ring (bicyclic) bond motifs is 1. The Morgan fingerprint density at radius 2 is 1.49 bits per heavy atom. The number of aryl methyl sites for hydroxylation is 2. The van der Waals surface area contributed by atoms with Crippen molar-refractivity contribution in [2.45, 2.75) is 32.3 Å². The van der Waals surface area contributed by atoms with E-state index in [1.165, 1.54) is 11.1 Å². The second-order valence-electron chi connectivity index (χ2n) is 8.48. The van der Waals surface area contributed by atoms with Gasteiger partial charge in [-0.05, 0) is 70.6 Å². The normalized spacial score (nSPS) is 11.3. The van der Waals surface area contributed by atoms with Crippen molar-refractivity contribution in [2.24, 2.45) is 0 Å². The quantitative estimate of drug-likeness (QED) is 0.202. The van der Waals surface area contributed by atoms with Crippen molar-refractivity contribution >= 4 is 23.1 Å². The van der Waals surface area contributed by atoms with Crippen molar-refractivity contribution in [2.75, 3.05) is 0 Å². The number of aromatic amines is 1. The number of nitrogens with zero attached hydrogens (tertiary/aromatic N) is 4. The highest BCUT2D eigenvalue weighted by Crippen LogP contribution is 2.18. The number of tetrazole rings is 1. The highest BCUT2D eigenvalue weighted by atomic mass is 16.5. The van der Waals surface area contributed by atoms with Crippen molar-refractivity contribution in [1.82, 2.24) is 25.6 Å². The molecule has 1 N–H and O–H groups in total.